The number of aryl methyl sites for hydroxylation is 1. The van der Waals surface area contributed by atoms with Crippen LogP contribution in [0.3, 0.4) is 0 Å². The quantitative estimate of drug-likeness (QED) is 0.807. The lowest BCUT2D eigenvalue weighted by Gasteiger charge is -2.25. The SMILES string of the molecule is COc1ccc(CCCC(=O)O)cc1OC1CCCNC1. The number of hydrogen-bond acceptors (Lipinski definition) is 4. The van der Waals surface area contributed by atoms with E-state index in [-0.39, 0.29) is 12.5 Å². The molecule has 1 saturated heterocycles. The predicted octanol–water partition coefficient (Wildman–Crippen LogP) is 2.23. The zero-order valence-corrected chi connectivity index (χ0v) is 12.4. The molecule has 0 saturated carbocycles. The number of rotatable bonds is 7. The van der Waals surface area contributed by atoms with E-state index in [1.54, 1.807) is 7.11 Å². The van der Waals surface area contributed by atoms with Gasteiger partial charge in [0, 0.05) is 13.0 Å². The van der Waals surface area contributed by atoms with Crippen LogP contribution in [0.25, 0.3) is 0 Å². The number of carboxylic acid groups (broad SMARTS) is 1. The van der Waals surface area contributed by atoms with Gasteiger partial charge in [0.2, 0.25) is 0 Å². The molecule has 1 aliphatic rings. The fourth-order valence-electron chi connectivity index (χ4n) is 2.51. The first-order chi connectivity index (χ1) is 10.2. The summed E-state index contributed by atoms with van der Waals surface area (Å²) in [6, 6.07) is 5.82. The van der Waals surface area contributed by atoms with Crippen LogP contribution in [0.4, 0.5) is 0 Å². The van der Waals surface area contributed by atoms with Crippen molar-refractivity contribution < 1.29 is 19.4 Å². The van der Waals surface area contributed by atoms with Crippen LogP contribution in [0.1, 0.15) is 31.2 Å². The largest absolute Gasteiger partial charge is 0.493 e. The van der Waals surface area contributed by atoms with Crippen molar-refractivity contribution in [2.45, 2.75) is 38.2 Å². The van der Waals surface area contributed by atoms with Crippen LogP contribution >= 0.6 is 0 Å². The van der Waals surface area contributed by atoms with Crippen molar-refractivity contribution in [3.05, 3.63) is 23.8 Å². The van der Waals surface area contributed by atoms with E-state index in [1.807, 2.05) is 18.2 Å². The number of methoxy groups -OCH3 is 1. The molecule has 1 aromatic rings. The second-order valence-electron chi connectivity index (χ2n) is 5.32. The number of carboxylic acids is 1. The third-order valence-electron chi connectivity index (χ3n) is 3.63. The number of nitrogens with one attached hydrogen (secondary N) is 1. The van der Waals surface area contributed by atoms with E-state index in [0.717, 1.165) is 49.4 Å². The van der Waals surface area contributed by atoms with Crippen LogP contribution in [0.5, 0.6) is 11.5 Å². The highest BCUT2D eigenvalue weighted by atomic mass is 16.5. The molecule has 5 heteroatoms. The Labute approximate surface area is 125 Å². The number of hydrogen-bond donors (Lipinski definition) is 2. The molecule has 0 aromatic heterocycles. The Morgan fingerprint density at radius 1 is 1.43 bits per heavy atom. The second kappa shape index (κ2) is 7.88. The highest BCUT2D eigenvalue weighted by Crippen LogP contribution is 2.30. The average Bonchev–Trinajstić information content (AvgIpc) is 2.48. The van der Waals surface area contributed by atoms with Gasteiger partial charge in [0.25, 0.3) is 0 Å². The van der Waals surface area contributed by atoms with Gasteiger partial charge in [-0.1, -0.05) is 6.07 Å². The number of piperidine rings is 1. The maximum atomic E-state index is 10.6. The Bertz CT molecular complexity index is 469. The van der Waals surface area contributed by atoms with Crippen LogP contribution < -0.4 is 14.8 Å². The molecular formula is C16H23NO4. The molecule has 5 nitrogen and oxygen atoms in total. The summed E-state index contributed by atoms with van der Waals surface area (Å²) >= 11 is 0. The first-order valence-corrected chi connectivity index (χ1v) is 7.45. The second-order valence-corrected chi connectivity index (χ2v) is 5.32. The summed E-state index contributed by atoms with van der Waals surface area (Å²) in [5, 5.41) is 12.0. The molecule has 1 fully saturated rings. The van der Waals surface area contributed by atoms with Crippen molar-refractivity contribution in [3.8, 4) is 11.5 Å². The molecule has 0 spiro atoms. The summed E-state index contributed by atoms with van der Waals surface area (Å²) in [7, 11) is 1.63. The van der Waals surface area contributed by atoms with Crippen molar-refractivity contribution in [2.24, 2.45) is 0 Å². The minimum Gasteiger partial charge on any atom is -0.493 e. The van der Waals surface area contributed by atoms with Gasteiger partial charge in [-0.15, -0.1) is 0 Å². The van der Waals surface area contributed by atoms with E-state index in [2.05, 4.69) is 5.32 Å². The summed E-state index contributed by atoms with van der Waals surface area (Å²) in [4.78, 5) is 10.6. The number of carbonyl (C=O) groups is 1. The molecule has 0 radical (unpaired) electrons. The molecule has 1 heterocycles. The van der Waals surface area contributed by atoms with E-state index in [4.69, 9.17) is 14.6 Å². The fraction of sp³-hybridized carbons (Fsp3) is 0.562. The number of benzene rings is 1. The Balaban J connectivity index is 2.00. The van der Waals surface area contributed by atoms with E-state index in [1.165, 1.54) is 0 Å². The molecule has 1 atom stereocenters. The number of aliphatic carboxylic acids is 1. The molecule has 1 aromatic carbocycles. The predicted molar refractivity (Wildman–Crippen MR) is 80.1 cm³/mol. The lowest BCUT2D eigenvalue weighted by atomic mass is 10.1. The molecule has 0 aliphatic carbocycles. The van der Waals surface area contributed by atoms with E-state index < -0.39 is 5.97 Å². The van der Waals surface area contributed by atoms with Crippen LogP contribution in [0.15, 0.2) is 18.2 Å². The van der Waals surface area contributed by atoms with Crippen LogP contribution in [0, 0.1) is 0 Å². The third-order valence-corrected chi connectivity index (χ3v) is 3.63. The van der Waals surface area contributed by atoms with Gasteiger partial charge >= 0.3 is 5.97 Å². The topological polar surface area (TPSA) is 67.8 Å². The van der Waals surface area contributed by atoms with E-state index >= 15 is 0 Å². The maximum absolute atomic E-state index is 10.6. The van der Waals surface area contributed by atoms with Gasteiger partial charge in [0.05, 0.1) is 7.11 Å². The summed E-state index contributed by atoms with van der Waals surface area (Å²) in [5.41, 5.74) is 1.08. The highest BCUT2D eigenvalue weighted by Gasteiger charge is 2.16. The summed E-state index contributed by atoms with van der Waals surface area (Å²) < 4.78 is 11.4. The third kappa shape index (κ3) is 4.93. The van der Waals surface area contributed by atoms with E-state index in [9.17, 15) is 4.79 Å². The van der Waals surface area contributed by atoms with Gasteiger partial charge in [0.1, 0.15) is 6.10 Å². The Hall–Kier alpha value is -1.75. The Kier molecular flexibility index (Phi) is 5.87. The molecule has 0 amide bonds. The van der Waals surface area contributed by atoms with Gasteiger partial charge in [0.15, 0.2) is 11.5 Å². The van der Waals surface area contributed by atoms with Crippen molar-refractivity contribution in [3.63, 3.8) is 0 Å². The first-order valence-electron chi connectivity index (χ1n) is 7.45. The monoisotopic (exact) mass is 293 g/mol. The molecule has 21 heavy (non-hydrogen) atoms. The average molecular weight is 293 g/mol. The van der Waals surface area contributed by atoms with Crippen LogP contribution in [-0.2, 0) is 11.2 Å². The van der Waals surface area contributed by atoms with Crippen molar-refractivity contribution in [1.29, 1.82) is 0 Å². The van der Waals surface area contributed by atoms with Gasteiger partial charge < -0.3 is 19.9 Å². The Morgan fingerprint density at radius 2 is 2.29 bits per heavy atom. The molecular weight excluding hydrogens is 270 g/mol. The molecule has 1 unspecified atom stereocenters. The lowest BCUT2D eigenvalue weighted by molar-refractivity contribution is -0.137. The van der Waals surface area contributed by atoms with Crippen LogP contribution in [0.2, 0.25) is 0 Å². The lowest BCUT2D eigenvalue weighted by Crippen LogP contribution is -2.37. The van der Waals surface area contributed by atoms with E-state index in [0.29, 0.717) is 6.42 Å². The molecule has 0 bridgehead atoms. The summed E-state index contributed by atoms with van der Waals surface area (Å²) in [5.74, 6) is 0.717. The van der Waals surface area contributed by atoms with Gasteiger partial charge in [-0.2, -0.15) is 0 Å². The van der Waals surface area contributed by atoms with Crippen molar-refractivity contribution in [1.82, 2.24) is 5.32 Å². The maximum Gasteiger partial charge on any atom is 0.303 e. The van der Waals surface area contributed by atoms with Gasteiger partial charge in [-0.3, -0.25) is 4.79 Å². The molecule has 116 valence electrons. The fourth-order valence-corrected chi connectivity index (χ4v) is 2.51. The summed E-state index contributed by atoms with van der Waals surface area (Å²) in [6.07, 6.45) is 3.88. The zero-order chi connectivity index (χ0) is 15.1. The molecule has 2 rings (SSSR count). The van der Waals surface area contributed by atoms with Crippen LogP contribution in [-0.4, -0.2) is 37.4 Å². The minimum atomic E-state index is -0.756. The summed E-state index contributed by atoms with van der Waals surface area (Å²) in [6.45, 7) is 1.90. The molecule has 1 aliphatic heterocycles. The standard InChI is InChI=1S/C16H23NO4/c1-20-14-8-7-12(4-2-6-16(18)19)10-15(14)21-13-5-3-9-17-11-13/h7-8,10,13,17H,2-6,9,11H2,1H3,(H,18,19). The highest BCUT2D eigenvalue weighted by molar-refractivity contribution is 5.66. The minimum absolute atomic E-state index is 0.168. The van der Waals surface area contributed by atoms with Gasteiger partial charge in [-0.25, -0.2) is 0 Å². The zero-order valence-electron chi connectivity index (χ0n) is 12.4. The molecule has 2 N–H and O–H groups in total. The first kappa shape index (κ1) is 15.6. The smallest absolute Gasteiger partial charge is 0.303 e. The van der Waals surface area contributed by atoms with Gasteiger partial charge in [-0.05, 0) is 49.9 Å². The van der Waals surface area contributed by atoms with Crippen molar-refractivity contribution >= 4 is 5.97 Å². The normalized spacial score (nSPS) is 18.2. The number of ether oxygens (including phenoxy) is 2. The Morgan fingerprint density at radius 3 is 2.95 bits per heavy atom. The van der Waals surface area contributed by atoms with Crippen molar-refractivity contribution in [2.75, 3.05) is 20.2 Å².